The second-order valence-electron chi connectivity index (χ2n) is 14.1. The fraction of sp³-hybridized carbons (Fsp3) is 0.107. The summed E-state index contributed by atoms with van der Waals surface area (Å²) in [6.07, 6.45) is 15.2. The summed E-state index contributed by atoms with van der Waals surface area (Å²) >= 11 is 7.82. The van der Waals surface area contributed by atoms with E-state index < -0.39 is 0 Å². The molecule has 0 unspecified atom stereocenters. The normalized spacial score (nSPS) is 12.3. The topological polar surface area (TPSA) is 9.72 Å². The Labute approximate surface area is 362 Å². The van der Waals surface area contributed by atoms with Crippen LogP contribution >= 0.6 is 11.6 Å². The number of halogens is 1. The first-order valence-corrected chi connectivity index (χ1v) is 21.3. The van der Waals surface area contributed by atoms with Crippen molar-refractivity contribution in [3.8, 4) is 11.1 Å². The predicted octanol–water partition coefficient (Wildman–Crippen LogP) is 17.3. The molecule has 1 aliphatic rings. The van der Waals surface area contributed by atoms with Gasteiger partial charge in [0.2, 0.25) is 0 Å². The summed E-state index contributed by atoms with van der Waals surface area (Å²) in [6.45, 7) is 8.14. The Balaban J connectivity index is 0.00000268. The molecule has 0 amide bonds. The Hall–Kier alpha value is -6.81. The highest BCUT2D eigenvalue weighted by Crippen LogP contribution is 2.48. The van der Waals surface area contributed by atoms with Crippen molar-refractivity contribution in [3.63, 3.8) is 0 Å². The van der Waals surface area contributed by atoms with Crippen LogP contribution in [0.1, 0.15) is 46.1 Å². The third kappa shape index (κ3) is 9.23. The first-order chi connectivity index (χ1) is 29.6. The molecule has 3 nitrogen and oxygen atoms in total. The molecule has 0 saturated heterocycles. The summed E-state index contributed by atoms with van der Waals surface area (Å²) in [5, 5.41) is 0.629. The number of benzene rings is 7. The maximum atomic E-state index is 7.82. The van der Waals surface area contributed by atoms with E-state index in [4.69, 9.17) is 11.6 Å². The number of para-hydroxylation sites is 2. The molecule has 7 aromatic carbocycles. The van der Waals surface area contributed by atoms with Gasteiger partial charge in [0.25, 0.3) is 0 Å². The number of hydrogen-bond acceptors (Lipinski definition) is 3. The molecule has 8 rings (SSSR count). The molecular weight excluding hydrogens is 750 g/mol. The lowest BCUT2D eigenvalue weighted by molar-refractivity contribution is 0.997. The van der Waals surface area contributed by atoms with Crippen LogP contribution in [0.5, 0.6) is 0 Å². The molecule has 298 valence electrons. The lowest BCUT2D eigenvalue weighted by Crippen LogP contribution is -2.17. The maximum Gasteiger partial charge on any atom is 0.0887 e. The highest BCUT2D eigenvalue weighted by Gasteiger charge is 2.24. The first kappa shape index (κ1) is 41.4. The largest absolute Gasteiger partial charge is 0.311 e. The van der Waals surface area contributed by atoms with Crippen molar-refractivity contribution in [1.29, 1.82) is 0 Å². The zero-order chi connectivity index (χ0) is 41.7. The van der Waals surface area contributed by atoms with E-state index in [9.17, 15) is 0 Å². The molecule has 0 N–H and O–H groups in total. The molecule has 0 heterocycles. The quantitative estimate of drug-likeness (QED) is 0.114. The number of nitrogens with zero attached hydrogens (tertiary/aromatic N) is 3. The Morgan fingerprint density at radius 3 is 1.57 bits per heavy atom. The van der Waals surface area contributed by atoms with Crippen molar-refractivity contribution in [1.82, 2.24) is 0 Å². The molecule has 0 atom stereocenters. The van der Waals surface area contributed by atoms with Crippen LogP contribution in [-0.4, -0.2) is 0 Å². The molecule has 0 aromatic heterocycles. The minimum Gasteiger partial charge on any atom is -0.311 e. The summed E-state index contributed by atoms with van der Waals surface area (Å²) in [5.41, 5.74) is 13.6. The lowest BCUT2D eigenvalue weighted by Gasteiger charge is -2.32. The van der Waals surface area contributed by atoms with Gasteiger partial charge < -0.3 is 14.7 Å². The molecular formula is C56H52ClN3. The number of hydrogen-bond donors (Lipinski definition) is 0. The number of rotatable bonds is 12. The van der Waals surface area contributed by atoms with E-state index in [2.05, 4.69) is 247 Å². The van der Waals surface area contributed by atoms with Gasteiger partial charge in [0.15, 0.2) is 0 Å². The molecule has 0 aliphatic heterocycles. The molecule has 0 bridgehead atoms. The average Bonchev–Trinajstić information content (AvgIpc) is 3.32. The Morgan fingerprint density at radius 2 is 0.967 bits per heavy atom. The van der Waals surface area contributed by atoms with Gasteiger partial charge in [0, 0.05) is 39.8 Å². The van der Waals surface area contributed by atoms with E-state index in [0.29, 0.717) is 5.02 Å². The highest BCUT2D eigenvalue weighted by molar-refractivity contribution is 6.36. The van der Waals surface area contributed by atoms with Crippen molar-refractivity contribution in [2.75, 3.05) is 14.7 Å². The van der Waals surface area contributed by atoms with Gasteiger partial charge in [0.05, 0.1) is 16.4 Å². The Bertz CT molecular complexity index is 2610. The van der Waals surface area contributed by atoms with Crippen molar-refractivity contribution in [2.45, 2.75) is 40.5 Å². The predicted molar refractivity (Wildman–Crippen MR) is 261 cm³/mol. The van der Waals surface area contributed by atoms with Gasteiger partial charge in [-0.25, -0.2) is 0 Å². The third-order valence-corrected chi connectivity index (χ3v) is 10.7. The zero-order valence-corrected chi connectivity index (χ0v) is 35.7. The molecule has 4 heteroatoms. The van der Waals surface area contributed by atoms with Crippen LogP contribution in [0.25, 0.3) is 16.7 Å². The van der Waals surface area contributed by atoms with E-state index in [1.165, 1.54) is 0 Å². The van der Waals surface area contributed by atoms with Gasteiger partial charge in [-0.2, -0.15) is 0 Å². The fourth-order valence-electron chi connectivity index (χ4n) is 7.66. The first-order valence-electron chi connectivity index (χ1n) is 20.9. The maximum absolute atomic E-state index is 7.82. The van der Waals surface area contributed by atoms with Gasteiger partial charge in [-0.15, -0.1) is 0 Å². The molecule has 0 spiro atoms. The van der Waals surface area contributed by atoms with Gasteiger partial charge in [-0.3, -0.25) is 0 Å². The zero-order valence-electron chi connectivity index (χ0n) is 34.9. The van der Waals surface area contributed by atoms with Crippen molar-refractivity contribution >= 4 is 62.7 Å². The lowest BCUT2D eigenvalue weighted by atomic mass is 10.0. The summed E-state index contributed by atoms with van der Waals surface area (Å²) in [4.78, 5) is 6.88. The van der Waals surface area contributed by atoms with E-state index in [0.717, 1.165) is 86.3 Å². The molecule has 7 aromatic rings. The van der Waals surface area contributed by atoms with E-state index in [1.807, 2.05) is 13.8 Å². The second-order valence-corrected chi connectivity index (χ2v) is 14.5. The van der Waals surface area contributed by atoms with Crippen LogP contribution in [0.15, 0.2) is 224 Å². The fourth-order valence-corrected chi connectivity index (χ4v) is 7.96. The van der Waals surface area contributed by atoms with E-state index >= 15 is 0 Å². The summed E-state index contributed by atoms with van der Waals surface area (Å²) in [7, 11) is 0. The summed E-state index contributed by atoms with van der Waals surface area (Å²) in [5.74, 6) is 0. The molecule has 1 aliphatic carbocycles. The number of allylic oxidation sites excluding steroid dienone is 7. The highest BCUT2D eigenvalue weighted by atomic mass is 35.5. The summed E-state index contributed by atoms with van der Waals surface area (Å²) < 4.78 is 0. The van der Waals surface area contributed by atoms with Crippen molar-refractivity contribution < 1.29 is 0 Å². The monoisotopic (exact) mass is 801 g/mol. The average molecular weight is 803 g/mol. The number of anilines is 8. The SMILES string of the molecule is C/C=C\C(=C/C)c1cccc(N(c2cccc(-c3ccccc3)c2)c2cccc(N(c3ccccc3)c3cccc(N(C4=CCCC=C4)c4ccccc4)c3)c2Cl)c1.CC. The molecule has 0 fully saturated rings. The Kier molecular flexibility index (Phi) is 14.0. The van der Waals surface area contributed by atoms with E-state index in [-0.39, 0.29) is 0 Å². The van der Waals surface area contributed by atoms with E-state index in [1.54, 1.807) is 0 Å². The third-order valence-electron chi connectivity index (χ3n) is 10.4. The van der Waals surface area contributed by atoms with Gasteiger partial charge in [-0.05, 0) is 134 Å². The van der Waals surface area contributed by atoms with Crippen LogP contribution in [0, 0.1) is 0 Å². The van der Waals surface area contributed by atoms with Gasteiger partial charge in [0.1, 0.15) is 0 Å². The minimum absolute atomic E-state index is 0.629. The van der Waals surface area contributed by atoms with Crippen LogP contribution < -0.4 is 14.7 Å². The summed E-state index contributed by atoms with van der Waals surface area (Å²) in [6, 6.07) is 64.1. The molecule has 0 radical (unpaired) electrons. The Morgan fingerprint density at radius 1 is 0.483 bits per heavy atom. The van der Waals surface area contributed by atoms with Crippen LogP contribution in [-0.2, 0) is 0 Å². The van der Waals surface area contributed by atoms with Gasteiger partial charge in [-0.1, -0.05) is 159 Å². The van der Waals surface area contributed by atoms with Crippen molar-refractivity contribution in [2.24, 2.45) is 0 Å². The van der Waals surface area contributed by atoms with Crippen molar-refractivity contribution in [3.05, 3.63) is 235 Å². The second kappa shape index (κ2) is 20.2. The minimum atomic E-state index is 0.629. The molecule has 0 saturated carbocycles. The van der Waals surface area contributed by atoms with Crippen LogP contribution in [0.2, 0.25) is 5.02 Å². The van der Waals surface area contributed by atoms with Gasteiger partial charge >= 0.3 is 0 Å². The standard InChI is InChI=1S/C54H46ClN3.C2H6/c1-3-21-41(4-2)43-24-17-32-48(38-43)58(49-33-18-25-44(39-49)42-22-9-5-10-23-42)53-37-20-36-52(54(53)55)57(47-30-15-8-16-31-47)51-35-19-34-50(40-51)56(45-26-11-6-12-27-45)46-28-13-7-14-29-46;1-2/h3-6,8-13,15-40H,7,14H2,1-2H3;1-2H3/b21-3-,41-4+;. The smallest absolute Gasteiger partial charge is 0.0887 e. The van der Waals surface area contributed by atoms with Crippen LogP contribution in [0.4, 0.5) is 45.5 Å². The van der Waals surface area contributed by atoms with Crippen LogP contribution in [0.3, 0.4) is 0 Å². The molecule has 60 heavy (non-hydrogen) atoms.